The van der Waals surface area contributed by atoms with Gasteiger partial charge in [0.05, 0.1) is 12.1 Å². The zero-order chi connectivity index (χ0) is 21.9. The maximum atomic E-state index is 13.3. The van der Waals surface area contributed by atoms with Crippen LogP contribution in [0.3, 0.4) is 0 Å². The summed E-state index contributed by atoms with van der Waals surface area (Å²) < 4.78 is 56.6. The van der Waals surface area contributed by atoms with Gasteiger partial charge in [0.1, 0.15) is 5.78 Å². The van der Waals surface area contributed by atoms with Gasteiger partial charge in [0, 0.05) is 51.3 Å². The van der Waals surface area contributed by atoms with Gasteiger partial charge in [-0.3, -0.25) is 4.79 Å². The van der Waals surface area contributed by atoms with Crippen molar-refractivity contribution in [3.8, 4) is 0 Å². The molecule has 2 unspecified atom stereocenters. The highest BCUT2D eigenvalue weighted by Gasteiger charge is 2.65. The monoisotopic (exact) mass is 458 g/mol. The fourth-order valence-corrected chi connectivity index (χ4v) is 9.24. The lowest BCUT2D eigenvalue weighted by molar-refractivity contribution is -0.128. The van der Waals surface area contributed by atoms with Crippen LogP contribution in [0.2, 0.25) is 0 Å². The number of aromatic nitrogens is 2. The van der Waals surface area contributed by atoms with Gasteiger partial charge in [-0.2, -0.15) is 4.31 Å². The van der Waals surface area contributed by atoms with E-state index in [1.54, 1.807) is 11.6 Å². The maximum absolute atomic E-state index is 13.3. The van der Waals surface area contributed by atoms with Gasteiger partial charge in [0.2, 0.25) is 10.0 Å². The lowest BCUT2D eigenvalue weighted by atomic mass is 9.70. The Morgan fingerprint density at radius 1 is 1.10 bits per heavy atom. The Balaban J connectivity index is 1.51. The Morgan fingerprint density at radius 2 is 1.77 bits per heavy atom. The maximum Gasteiger partial charge on any atom is 0.262 e. The largest absolute Gasteiger partial charge is 0.339 e. The minimum Gasteiger partial charge on any atom is -0.339 e. The van der Waals surface area contributed by atoms with E-state index in [0.29, 0.717) is 19.3 Å². The smallest absolute Gasteiger partial charge is 0.262 e. The normalized spacial score (nSPS) is 30.6. The van der Waals surface area contributed by atoms with Crippen molar-refractivity contribution in [3.05, 3.63) is 12.5 Å². The van der Waals surface area contributed by atoms with Crippen LogP contribution in [-0.4, -0.2) is 72.7 Å². The summed E-state index contributed by atoms with van der Waals surface area (Å²) in [5, 5.41) is -0.0319. The Morgan fingerprint density at radius 3 is 2.33 bits per heavy atom. The summed E-state index contributed by atoms with van der Waals surface area (Å²) in [6.07, 6.45) is 5.26. The van der Waals surface area contributed by atoms with Crippen molar-refractivity contribution in [2.75, 3.05) is 31.9 Å². The molecule has 3 aliphatic rings. The molecule has 3 fully saturated rings. The second-order valence-electron chi connectivity index (χ2n) is 9.46. The second kappa shape index (κ2) is 7.11. The molecular formula is C19H30N4O5S2. The minimum absolute atomic E-state index is 0.0319. The molecule has 0 radical (unpaired) electrons. The highest BCUT2D eigenvalue weighted by atomic mass is 32.2. The molecule has 1 aromatic heterocycles. The molecule has 2 heterocycles. The number of sulfonamides is 2. The van der Waals surface area contributed by atoms with Crippen molar-refractivity contribution in [2.24, 2.45) is 23.8 Å². The third-order valence-corrected chi connectivity index (χ3v) is 11.5. The van der Waals surface area contributed by atoms with E-state index >= 15 is 0 Å². The zero-order valence-electron chi connectivity index (χ0n) is 17.7. The van der Waals surface area contributed by atoms with Crippen LogP contribution in [-0.2, 0) is 31.9 Å². The highest BCUT2D eigenvalue weighted by Crippen LogP contribution is 2.64. The molecule has 0 aromatic carbocycles. The quantitative estimate of drug-likeness (QED) is 0.647. The second-order valence-corrected chi connectivity index (χ2v) is 13.3. The van der Waals surface area contributed by atoms with Gasteiger partial charge in [0.15, 0.2) is 5.03 Å². The number of nitrogens with zero attached hydrogens (tertiary/aromatic N) is 4. The lowest BCUT2D eigenvalue weighted by Crippen LogP contribution is -2.47. The minimum atomic E-state index is -3.77. The summed E-state index contributed by atoms with van der Waals surface area (Å²) in [5.41, 5.74) is -1.14. The number of hydrogen-bond acceptors (Lipinski definition) is 6. The third kappa shape index (κ3) is 3.25. The predicted octanol–water partition coefficient (Wildman–Crippen LogP) is 0.842. The molecule has 11 heteroatoms. The molecule has 168 valence electrons. The number of imidazole rings is 1. The number of carbonyl (C=O) groups is 1. The van der Waals surface area contributed by atoms with E-state index in [9.17, 15) is 21.6 Å². The summed E-state index contributed by atoms with van der Waals surface area (Å²) in [7, 11) is -5.77. The van der Waals surface area contributed by atoms with Gasteiger partial charge in [-0.15, -0.1) is 0 Å². The fraction of sp³-hybridized carbons (Fsp3) is 0.789. The number of Topliss-reactive ketones (excluding diaryl/α,β-unsaturated/α-hetero) is 1. The molecule has 4 rings (SSSR count). The van der Waals surface area contributed by atoms with E-state index in [1.807, 2.05) is 13.8 Å². The molecule has 1 saturated heterocycles. The van der Waals surface area contributed by atoms with E-state index in [1.165, 1.54) is 21.1 Å². The van der Waals surface area contributed by atoms with Crippen LogP contribution >= 0.6 is 0 Å². The molecule has 2 bridgehead atoms. The molecule has 0 N–H and O–H groups in total. The molecule has 2 saturated carbocycles. The van der Waals surface area contributed by atoms with Gasteiger partial charge in [0.25, 0.3) is 10.0 Å². The first-order valence-electron chi connectivity index (χ1n) is 10.4. The molecule has 30 heavy (non-hydrogen) atoms. The first-order valence-corrected chi connectivity index (χ1v) is 13.4. The van der Waals surface area contributed by atoms with Crippen LogP contribution in [0.25, 0.3) is 0 Å². The highest BCUT2D eigenvalue weighted by molar-refractivity contribution is 7.89. The van der Waals surface area contributed by atoms with Crippen molar-refractivity contribution in [1.82, 2.24) is 18.2 Å². The summed E-state index contributed by atoms with van der Waals surface area (Å²) in [6, 6.07) is 0. The molecule has 2 atom stereocenters. The van der Waals surface area contributed by atoms with Crippen molar-refractivity contribution in [3.63, 3.8) is 0 Å². The SMILES string of the molecule is Cn1cnc(S(=O)(=O)N2CCCN(S(=O)(=O)CC34CCC(CC3=O)C4(C)C)CC2)c1. The summed E-state index contributed by atoms with van der Waals surface area (Å²) >= 11 is 0. The van der Waals surface area contributed by atoms with E-state index in [4.69, 9.17) is 0 Å². The summed E-state index contributed by atoms with van der Waals surface area (Å²) in [6.45, 7) is 4.70. The number of fused-ring (bicyclic) bond motifs is 2. The topological polar surface area (TPSA) is 110 Å². The van der Waals surface area contributed by atoms with Crippen molar-refractivity contribution in [2.45, 2.75) is 44.6 Å². The van der Waals surface area contributed by atoms with Gasteiger partial charge >= 0.3 is 0 Å². The predicted molar refractivity (Wildman–Crippen MR) is 111 cm³/mol. The van der Waals surface area contributed by atoms with Gasteiger partial charge in [-0.05, 0) is 30.6 Å². The van der Waals surface area contributed by atoms with Crippen molar-refractivity contribution < 1.29 is 21.6 Å². The zero-order valence-corrected chi connectivity index (χ0v) is 19.4. The summed E-state index contributed by atoms with van der Waals surface area (Å²) in [5.74, 6) is 0.153. The Bertz CT molecular complexity index is 1060. The van der Waals surface area contributed by atoms with Crippen LogP contribution in [0.1, 0.15) is 39.5 Å². The molecule has 1 aromatic rings. The number of hydrogen-bond donors (Lipinski definition) is 0. The van der Waals surface area contributed by atoms with Crippen molar-refractivity contribution in [1.29, 1.82) is 0 Å². The van der Waals surface area contributed by atoms with Crippen LogP contribution in [0.4, 0.5) is 0 Å². The van der Waals surface area contributed by atoms with E-state index < -0.39 is 25.5 Å². The van der Waals surface area contributed by atoms with Gasteiger partial charge < -0.3 is 4.57 Å². The van der Waals surface area contributed by atoms with Crippen LogP contribution in [0.5, 0.6) is 0 Å². The van der Waals surface area contributed by atoms with Gasteiger partial charge in [-0.1, -0.05) is 13.8 Å². The molecule has 2 aliphatic carbocycles. The molecule has 9 nitrogen and oxygen atoms in total. The molecule has 0 spiro atoms. The first-order chi connectivity index (χ1) is 13.9. The molecular weight excluding hydrogens is 428 g/mol. The third-order valence-electron chi connectivity index (χ3n) is 7.66. The average molecular weight is 459 g/mol. The van der Waals surface area contributed by atoms with Crippen LogP contribution in [0, 0.1) is 16.7 Å². The average Bonchev–Trinajstić information content (AvgIpc) is 3.13. The first kappa shape index (κ1) is 21.9. The number of ketones is 1. The number of carbonyl (C=O) groups excluding carboxylic acids is 1. The molecule has 1 aliphatic heterocycles. The van der Waals surface area contributed by atoms with Gasteiger partial charge in [-0.25, -0.2) is 26.1 Å². The van der Waals surface area contributed by atoms with Crippen molar-refractivity contribution >= 4 is 25.8 Å². The fourth-order valence-electron chi connectivity index (χ4n) is 5.55. The lowest BCUT2D eigenvalue weighted by Gasteiger charge is -2.37. The van der Waals surface area contributed by atoms with E-state index in [2.05, 4.69) is 4.98 Å². The number of aryl methyl sites for hydroxylation is 1. The molecule has 0 amide bonds. The Kier molecular flexibility index (Phi) is 5.19. The van der Waals surface area contributed by atoms with Crippen LogP contribution in [0.15, 0.2) is 17.6 Å². The van der Waals surface area contributed by atoms with Crippen LogP contribution < -0.4 is 0 Å². The summed E-state index contributed by atoms with van der Waals surface area (Å²) in [4.78, 5) is 16.7. The Hall–Kier alpha value is -1.30. The van der Waals surface area contributed by atoms with E-state index in [-0.39, 0.29) is 54.1 Å². The Labute approximate surface area is 178 Å². The number of rotatable bonds is 5. The standard InChI is InChI=1S/C19H30N4O5S2/c1-18(2)15-5-6-19(18,16(24)11-15)13-29(25,26)22-7-4-8-23(10-9-22)30(27,28)17-12-21(3)14-20-17/h12,14-15H,4-11,13H2,1-3H3. The van der Waals surface area contributed by atoms with E-state index in [0.717, 1.165) is 6.42 Å².